The Morgan fingerprint density at radius 3 is 2.12 bits per heavy atom. The highest BCUT2D eigenvalue weighted by Crippen LogP contribution is 2.22. The van der Waals surface area contributed by atoms with Crippen LogP contribution in [0.25, 0.3) is 0 Å². The van der Waals surface area contributed by atoms with Gasteiger partial charge in [0.2, 0.25) is 5.91 Å². The first kappa shape index (κ1) is 19.3. The number of anilines is 2. The van der Waals surface area contributed by atoms with E-state index in [-0.39, 0.29) is 11.8 Å². The van der Waals surface area contributed by atoms with E-state index in [1.807, 2.05) is 6.92 Å². The number of methoxy groups -OCH3 is 1. The number of para-hydroxylation sites is 2. The van der Waals surface area contributed by atoms with Crippen LogP contribution in [0.5, 0.6) is 11.5 Å². The number of hydrogen-bond donors (Lipinski definition) is 2. The molecule has 26 heavy (non-hydrogen) atoms. The average molecular weight is 356 g/mol. The minimum absolute atomic E-state index is 0.0864. The number of carbonyl (C=O) groups is 2. The van der Waals surface area contributed by atoms with E-state index < -0.39 is 6.10 Å². The van der Waals surface area contributed by atoms with E-state index in [0.29, 0.717) is 29.3 Å². The van der Waals surface area contributed by atoms with Crippen LogP contribution in [-0.2, 0) is 9.59 Å². The van der Waals surface area contributed by atoms with Gasteiger partial charge in [-0.3, -0.25) is 9.59 Å². The molecule has 0 aliphatic carbocycles. The second-order valence-corrected chi connectivity index (χ2v) is 5.77. The van der Waals surface area contributed by atoms with Gasteiger partial charge in [0, 0.05) is 6.42 Å². The van der Waals surface area contributed by atoms with Crippen molar-refractivity contribution in [2.75, 3.05) is 17.7 Å². The van der Waals surface area contributed by atoms with E-state index in [9.17, 15) is 9.59 Å². The van der Waals surface area contributed by atoms with Gasteiger partial charge in [-0.2, -0.15) is 0 Å². The maximum absolute atomic E-state index is 12.4. The molecule has 0 aromatic heterocycles. The molecular formula is C20H24N2O4. The fraction of sp³-hybridized carbons (Fsp3) is 0.300. The van der Waals surface area contributed by atoms with Gasteiger partial charge in [0.25, 0.3) is 5.91 Å². The van der Waals surface area contributed by atoms with Crippen LogP contribution in [-0.4, -0.2) is 25.0 Å². The molecule has 0 bridgehead atoms. The lowest BCUT2D eigenvalue weighted by Gasteiger charge is -2.17. The molecule has 0 radical (unpaired) electrons. The van der Waals surface area contributed by atoms with Crippen LogP contribution in [0.1, 0.15) is 26.7 Å². The fourth-order valence-electron chi connectivity index (χ4n) is 2.29. The van der Waals surface area contributed by atoms with Gasteiger partial charge < -0.3 is 20.1 Å². The molecule has 138 valence electrons. The third-order valence-electron chi connectivity index (χ3n) is 3.68. The van der Waals surface area contributed by atoms with Crippen molar-refractivity contribution in [1.82, 2.24) is 0 Å². The molecule has 2 amide bonds. The van der Waals surface area contributed by atoms with Crippen molar-refractivity contribution in [3.8, 4) is 11.5 Å². The van der Waals surface area contributed by atoms with E-state index >= 15 is 0 Å². The normalized spacial score (nSPS) is 11.3. The number of hydrogen-bond acceptors (Lipinski definition) is 4. The standard InChI is InChI=1S/C20H24N2O4/c1-4-7-19(23)21-17-8-5-6-9-18(17)22-20(24)14(2)26-16-12-10-15(25-3)11-13-16/h5-6,8-14H,4,7H2,1-3H3,(H,21,23)(H,22,24)/t14-/m1/s1. The summed E-state index contributed by atoms with van der Waals surface area (Å²) < 4.78 is 10.7. The van der Waals surface area contributed by atoms with Crippen molar-refractivity contribution < 1.29 is 19.1 Å². The smallest absolute Gasteiger partial charge is 0.265 e. The maximum atomic E-state index is 12.4. The predicted molar refractivity (Wildman–Crippen MR) is 102 cm³/mol. The van der Waals surface area contributed by atoms with E-state index in [0.717, 1.165) is 6.42 Å². The van der Waals surface area contributed by atoms with Gasteiger partial charge in [0.15, 0.2) is 6.10 Å². The third kappa shape index (κ3) is 5.51. The molecule has 6 heteroatoms. The monoisotopic (exact) mass is 356 g/mol. The van der Waals surface area contributed by atoms with Crippen LogP contribution >= 0.6 is 0 Å². The number of ether oxygens (including phenoxy) is 2. The van der Waals surface area contributed by atoms with Crippen LogP contribution in [0.2, 0.25) is 0 Å². The second kappa shape index (κ2) is 9.46. The summed E-state index contributed by atoms with van der Waals surface area (Å²) in [6, 6.07) is 14.1. The Bertz CT molecular complexity index is 744. The number of rotatable bonds is 8. The molecule has 0 unspecified atom stereocenters. The molecule has 0 aliphatic heterocycles. The van der Waals surface area contributed by atoms with E-state index in [1.165, 1.54) is 0 Å². The number of benzene rings is 2. The summed E-state index contributed by atoms with van der Waals surface area (Å²) in [4.78, 5) is 24.2. The Morgan fingerprint density at radius 2 is 1.54 bits per heavy atom. The first-order valence-corrected chi connectivity index (χ1v) is 8.54. The van der Waals surface area contributed by atoms with Gasteiger partial charge in [-0.25, -0.2) is 0 Å². The van der Waals surface area contributed by atoms with E-state index in [1.54, 1.807) is 62.6 Å². The first-order chi connectivity index (χ1) is 12.5. The zero-order chi connectivity index (χ0) is 18.9. The Morgan fingerprint density at radius 1 is 0.962 bits per heavy atom. The molecule has 0 saturated heterocycles. The van der Waals surface area contributed by atoms with Crippen molar-refractivity contribution in [3.05, 3.63) is 48.5 Å². The number of nitrogens with one attached hydrogen (secondary N) is 2. The lowest BCUT2D eigenvalue weighted by molar-refractivity contribution is -0.122. The molecule has 2 aromatic rings. The summed E-state index contributed by atoms with van der Waals surface area (Å²) in [5.41, 5.74) is 1.10. The summed E-state index contributed by atoms with van der Waals surface area (Å²) in [5, 5.41) is 5.61. The number of carbonyl (C=O) groups excluding carboxylic acids is 2. The van der Waals surface area contributed by atoms with Crippen molar-refractivity contribution >= 4 is 23.2 Å². The Kier molecular flexibility index (Phi) is 7.02. The van der Waals surface area contributed by atoms with Crippen LogP contribution in [0.4, 0.5) is 11.4 Å². The molecule has 0 saturated carbocycles. The van der Waals surface area contributed by atoms with Crippen LogP contribution in [0.15, 0.2) is 48.5 Å². The van der Waals surface area contributed by atoms with Gasteiger partial charge in [0.05, 0.1) is 18.5 Å². The van der Waals surface area contributed by atoms with Crippen molar-refractivity contribution in [3.63, 3.8) is 0 Å². The zero-order valence-electron chi connectivity index (χ0n) is 15.2. The molecule has 2 rings (SSSR count). The van der Waals surface area contributed by atoms with Gasteiger partial charge in [-0.1, -0.05) is 19.1 Å². The Labute approximate surface area is 153 Å². The van der Waals surface area contributed by atoms with Crippen molar-refractivity contribution in [2.24, 2.45) is 0 Å². The van der Waals surface area contributed by atoms with Gasteiger partial charge >= 0.3 is 0 Å². The molecule has 0 spiro atoms. The molecule has 6 nitrogen and oxygen atoms in total. The summed E-state index contributed by atoms with van der Waals surface area (Å²) in [6.07, 6.45) is 0.481. The summed E-state index contributed by atoms with van der Waals surface area (Å²) >= 11 is 0. The molecule has 1 atom stereocenters. The minimum Gasteiger partial charge on any atom is -0.497 e. The first-order valence-electron chi connectivity index (χ1n) is 8.54. The Hall–Kier alpha value is -3.02. The van der Waals surface area contributed by atoms with Gasteiger partial charge in [-0.15, -0.1) is 0 Å². The highest BCUT2D eigenvalue weighted by atomic mass is 16.5. The second-order valence-electron chi connectivity index (χ2n) is 5.77. The molecule has 0 fully saturated rings. The van der Waals surface area contributed by atoms with Crippen LogP contribution in [0.3, 0.4) is 0 Å². The summed E-state index contributed by atoms with van der Waals surface area (Å²) in [7, 11) is 1.59. The topological polar surface area (TPSA) is 76.7 Å². The molecule has 0 aliphatic rings. The minimum atomic E-state index is -0.706. The highest BCUT2D eigenvalue weighted by Gasteiger charge is 2.17. The SMILES string of the molecule is CCCC(=O)Nc1ccccc1NC(=O)[C@@H](C)Oc1ccc(OC)cc1. The fourth-order valence-corrected chi connectivity index (χ4v) is 2.29. The largest absolute Gasteiger partial charge is 0.497 e. The molecule has 2 aromatic carbocycles. The third-order valence-corrected chi connectivity index (χ3v) is 3.68. The van der Waals surface area contributed by atoms with Crippen molar-refractivity contribution in [2.45, 2.75) is 32.8 Å². The lowest BCUT2D eigenvalue weighted by atomic mass is 10.2. The van der Waals surface area contributed by atoms with E-state index in [2.05, 4.69) is 10.6 Å². The predicted octanol–water partition coefficient (Wildman–Crippen LogP) is 3.84. The summed E-state index contributed by atoms with van der Waals surface area (Å²) in [6.45, 7) is 3.60. The van der Waals surface area contributed by atoms with Crippen molar-refractivity contribution in [1.29, 1.82) is 0 Å². The number of amides is 2. The average Bonchev–Trinajstić information content (AvgIpc) is 2.64. The van der Waals surface area contributed by atoms with E-state index in [4.69, 9.17) is 9.47 Å². The lowest BCUT2D eigenvalue weighted by Crippen LogP contribution is -2.30. The Balaban J connectivity index is 2.00. The maximum Gasteiger partial charge on any atom is 0.265 e. The molecular weight excluding hydrogens is 332 g/mol. The highest BCUT2D eigenvalue weighted by molar-refractivity contribution is 6.00. The van der Waals surface area contributed by atoms with Crippen LogP contribution in [0, 0.1) is 0 Å². The van der Waals surface area contributed by atoms with Gasteiger partial charge in [-0.05, 0) is 49.7 Å². The zero-order valence-corrected chi connectivity index (χ0v) is 15.2. The summed E-state index contributed by atoms with van der Waals surface area (Å²) in [5.74, 6) is 0.888. The molecule has 2 N–H and O–H groups in total. The quantitative estimate of drug-likeness (QED) is 0.753. The molecule has 0 heterocycles. The van der Waals surface area contributed by atoms with Crippen LogP contribution < -0.4 is 20.1 Å². The van der Waals surface area contributed by atoms with Gasteiger partial charge in [0.1, 0.15) is 11.5 Å².